The molecule has 0 saturated carbocycles. The molecule has 274 valence electrons. The fraction of sp³-hybridized carbons (Fsp3) is 0.514. The number of hydrogen-bond acceptors (Lipinski definition) is 10. The first kappa shape index (κ1) is 38.5. The van der Waals surface area contributed by atoms with Gasteiger partial charge < -0.3 is 39.0 Å². The van der Waals surface area contributed by atoms with Gasteiger partial charge in [-0.05, 0) is 89.4 Å². The molecule has 1 aromatic heterocycles. The summed E-state index contributed by atoms with van der Waals surface area (Å²) in [5, 5.41) is 17.0. The molecule has 0 radical (unpaired) electrons. The van der Waals surface area contributed by atoms with E-state index < -0.39 is 28.1 Å². The van der Waals surface area contributed by atoms with Gasteiger partial charge in [-0.2, -0.15) is 0 Å². The van der Waals surface area contributed by atoms with Crippen LogP contribution in [0, 0.1) is 19.8 Å². The maximum absolute atomic E-state index is 14.4. The van der Waals surface area contributed by atoms with Crippen molar-refractivity contribution in [3.05, 3.63) is 59.5 Å². The molecule has 3 amide bonds. The number of fused-ring (bicyclic) bond motifs is 1. The second-order valence-electron chi connectivity index (χ2n) is 12.8. The fourth-order valence-corrected chi connectivity index (χ4v) is 6.68. The highest BCUT2D eigenvalue weighted by Gasteiger charge is 2.31. The van der Waals surface area contributed by atoms with Gasteiger partial charge in [-0.1, -0.05) is 12.1 Å². The summed E-state index contributed by atoms with van der Waals surface area (Å²) in [6.45, 7) is 9.54. The van der Waals surface area contributed by atoms with Crippen molar-refractivity contribution in [1.82, 2.24) is 15.0 Å². The number of nitrogens with one attached hydrogen (secondary N) is 2. The van der Waals surface area contributed by atoms with E-state index in [4.69, 9.17) is 18.7 Å². The van der Waals surface area contributed by atoms with Crippen LogP contribution < -0.4 is 19.5 Å². The number of aryl methyl sites for hydroxylation is 2. The topological polar surface area (TPSA) is 173 Å². The zero-order valence-electron chi connectivity index (χ0n) is 29.8. The molecule has 3 N–H and O–H groups in total. The van der Waals surface area contributed by atoms with Crippen LogP contribution in [0.3, 0.4) is 0 Å². The molecular formula is C35H49N5O9S. The Bertz CT molecular complexity index is 1690. The highest BCUT2D eigenvalue weighted by Crippen LogP contribution is 2.30. The molecule has 0 saturated heterocycles. The Morgan fingerprint density at radius 3 is 2.52 bits per heavy atom. The third kappa shape index (κ3) is 9.67. The number of likely N-dealkylation sites (N-methyl/N-ethyl adjacent to an activating group) is 1. The average molecular weight is 716 g/mol. The lowest BCUT2D eigenvalue weighted by Gasteiger charge is -2.35. The molecule has 2 aromatic carbocycles. The monoisotopic (exact) mass is 715 g/mol. The summed E-state index contributed by atoms with van der Waals surface area (Å²) in [6, 6.07) is 9.58. The summed E-state index contributed by atoms with van der Waals surface area (Å²) in [5.74, 6) is 0.572. The number of anilines is 2. The van der Waals surface area contributed by atoms with Crippen LogP contribution in [-0.2, 0) is 14.8 Å². The second kappa shape index (κ2) is 17.1. The predicted octanol–water partition coefficient (Wildman–Crippen LogP) is 5.06. The van der Waals surface area contributed by atoms with E-state index >= 15 is 0 Å². The van der Waals surface area contributed by atoms with E-state index in [1.165, 1.54) is 35.1 Å². The van der Waals surface area contributed by atoms with Gasteiger partial charge in [0.2, 0.25) is 0 Å². The van der Waals surface area contributed by atoms with Crippen LogP contribution in [0.1, 0.15) is 61.8 Å². The van der Waals surface area contributed by atoms with Gasteiger partial charge in [0.05, 0.1) is 42.4 Å². The van der Waals surface area contributed by atoms with E-state index in [-0.39, 0.29) is 53.9 Å². The number of aromatic nitrogens is 1. The fourth-order valence-electron chi connectivity index (χ4n) is 5.63. The van der Waals surface area contributed by atoms with Crippen LogP contribution >= 0.6 is 0 Å². The zero-order valence-corrected chi connectivity index (χ0v) is 30.6. The summed E-state index contributed by atoms with van der Waals surface area (Å²) in [5.41, 5.74) is 1.39. The Hall–Kier alpha value is -4.34. The van der Waals surface area contributed by atoms with Gasteiger partial charge in [0.25, 0.3) is 15.9 Å². The maximum Gasteiger partial charge on any atom is 0.321 e. The van der Waals surface area contributed by atoms with Crippen molar-refractivity contribution in [2.45, 2.75) is 77.0 Å². The minimum atomic E-state index is -4.01. The quantitative estimate of drug-likeness (QED) is 0.272. The standard InChI is InChI=1S/C35H49N5O9S/c1-22-19-40(23(2)21-41)34(42)30-18-27(38-50(44,45)29-14-12-28(46-7)13-15-29)11-16-31(30)48-24(3)10-8-9-17-47-32(22)20-39(6)35(43)36-33-25(4)37-49-26(33)5/h11-16,18,22-24,32,38,41H,8-10,17,19-21H2,1-7H3,(H,36,43)/t22-,23+,24-,32+/m0/s1. The highest BCUT2D eigenvalue weighted by atomic mass is 32.2. The number of hydrogen-bond donors (Lipinski definition) is 3. The second-order valence-corrected chi connectivity index (χ2v) is 14.5. The van der Waals surface area contributed by atoms with Crippen LogP contribution in [0.2, 0.25) is 0 Å². The molecular weight excluding hydrogens is 666 g/mol. The maximum atomic E-state index is 14.4. The number of nitrogens with zero attached hydrogens (tertiary/aromatic N) is 3. The number of carbonyl (C=O) groups excluding carboxylic acids is 2. The van der Waals surface area contributed by atoms with Crippen LogP contribution in [0.15, 0.2) is 51.9 Å². The number of ether oxygens (including phenoxy) is 3. The minimum absolute atomic E-state index is 0.0235. The first-order chi connectivity index (χ1) is 23.7. The first-order valence-corrected chi connectivity index (χ1v) is 18.2. The number of amides is 3. The molecule has 14 nitrogen and oxygen atoms in total. The van der Waals surface area contributed by atoms with Crippen molar-refractivity contribution in [3.8, 4) is 11.5 Å². The summed E-state index contributed by atoms with van der Waals surface area (Å²) in [7, 11) is -0.849. The number of urea groups is 1. The largest absolute Gasteiger partial charge is 0.497 e. The number of aliphatic hydroxyl groups excluding tert-OH is 1. The summed E-state index contributed by atoms with van der Waals surface area (Å²) < 4.78 is 52.0. The number of methoxy groups -OCH3 is 1. The normalized spacial score (nSPS) is 19.8. The molecule has 4 atom stereocenters. The summed E-state index contributed by atoms with van der Waals surface area (Å²) in [4.78, 5) is 30.7. The molecule has 0 fully saturated rings. The number of carbonyl (C=O) groups is 2. The molecule has 50 heavy (non-hydrogen) atoms. The molecule has 0 bridgehead atoms. The predicted molar refractivity (Wildman–Crippen MR) is 188 cm³/mol. The number of sulfonamides is 1. The van der Waals surface area contributed by atoms with Crippen molar-refractivity contribution < 1.29 is 41.8 Å². The molecule has 15 heteroatoms. The van der Waals surface area contributed by atoms with Gasteiger partial charge in [0, 0.05) is 38.3 Å². The molecule has 3 aromatic rings. The lowest BCUT2D eigenvalue weighted by molar-refractivity contribution is -0.0115. The van der Waals surface area contributed by atoms with Crippen molar-refractivity contribution in [3.63, 3.8) is 0 Å². The lowest BCUT2D eigenvalue weighted by atomic mass is 10.0. The molecule has 0 spiro atoms. The van der Waals surface area contributed by atoms with E-state index in [1.807, 2.05) is 13.8 Å². The Morgan fingerprint density at radius 2 is 1.88 bits per heavy atom. The Balaban J connectivity index is 1.63. The van der Waals surface area contributed by atoms with Crippen LogP contribution in [0.25, 0.3) is 0 Å². The summed E-state index contributed by atoms with van der Waals surface area (Å²) in [6.07, 6.45) is 1.50. The third-order valence-electron chi connectivity index (χ3n) is 8.74. The first-order valence-electron chi connectivity index (χ1n) is 16.7. The molecule has 1 aliphatic heterocycles. The lowest BCUT2D eigenvalue weighted by Crippen LogP contribution is -2.48. The van der Waals surface area contributed by atoms with E-state index in [1.54, 1.807) is 52.1 Å². The van der Waals surface area contributed by atoms with Crippen LogP contribution in [-0.4, -0.2) is 99.1 Å². The third-order valence-corrected chi connectivity index (χ3v) is 10.1. The van der Waals surface area contributed by atoms with E-state index in [0.717, 1.165) is 12.8 Å². The minimum Gasteiger partial charge on any atom is -0.497 e. The van der Waals surface area contributed by atoms with Crippen molar-refractivity contribution in [2.24, 2.45) is 5.92 Å². The average Bonchev–Trinajstić information content (AvgIpc) is 3.41. The van der Waals surface area contributed by atoms with Gasteiger partial charge >= 0.3 is 6.03 Å². The highest BCUT2D eigenvalue weighted by molar-refractivity contribution is 7.92. The summed E-state index contributed by atoms with van der Waals surface area (Å²) >= 11 is 0. The number of aliphatic hydroxyl groups is 1. The molecule has 0 aliphatic carbocycles. The Morgan fingerprint density at radius 1 is 1.16 bits per heavy atom. The van der Waals surface area contributed by atoms with Gasteiger partial charge in [-0.15, -0.1) is 0 Å². The molecule has 2 heterocycles. The Labute approximate surface area is 294 Å². The smallest absolute Gasteiger partial charge is 0.321 e. The molecule has 0 unspecified atom stereocenters. The molecule has 4 rings (SSSR count). The Kier molecular flexibility index (Phi) is 13.1. The van der Waals surface area contributed by atoms with Gasteiger partial charge in [-0.3, -0.25) is 9.52 Å². The van der Waals surface area contributed by atoms with Gasteiger partial charge in [0.15, 0.2) is 5.76 Å². The van der Waals surface area contributed by atoms with E-state index in [9.17, 15) is 23.1 Å². The van der Waals surface area contributed by atoms with Crippen molar-refractivity contribution in [1.29, 1.82) is 0 Å². The van der Waals surface area contributed by atoms with Crippen LogP contribution in [0.4, 0.5) is 16.2 Å². The molecule has 1 aliphatic rings. The van der Waals surface area contributed by atoms with E-state index in [0.29, 0.717) is 41.7 Å². The van der Waals surface area contributed by atoms with Crippen LogP contribution in [0.5, 0.6) is 11.5 Å². The van der Waals surface area contributed by atoms with Gasteiger partial charge in [-0.25, -0.2) is 13.2 Å². The van der Waals surface area contributed by atoms with Gasteiger partial charge in [0.1, 0.15) is 22.9 Å². The zero-order chi connectivity index (χ0) is 36.6. The number of rotatable bonds is 9. The van der Waals surface area contributed by atoms with E-state index in [2.05, 4.69) is 15.2 Å². The SMILES string of the molecule is COc1ccc(S(=O)(=O)Nc2ccc3c(c2)C(=O)N([C@H](C)CO)C[C@H](C)[C@@H](CN(C)C(=O)Nc2c(C)noc2C)OCCCC[C@H](C)O3)cc1. The van der Waals surface area contributed by atoms with Crippen molar-refractivity contribution in [2.75, 3.05) is 50.5 Å². The number of benzene rings is 2. The van der Waals surface area contributed by atoms with Crippen molar-refractivity contribution >= 4 is 33.3 Å².